The fourth-order valence-electron chi connectivity index (χ4n) is 1.85. The average molecular weight is 293 g/mol. The molecule has 102 valence electrons. The third-order valence-electron chi connectivity index (χ3n) is 2.89. The second-order valence-electron chi connectivity index (χ2n) is 4.26. The predicted molar refractivity (Wildman–Crippen MR) is 71.9 cm³/mol. The summed E-state index contributed by atoms with van der Waals surface area (Å²) in [6.07, 6.45) is 1.69. The van der Waals surface area contributed by atoms with Gasteiger partial charge in [-0.25, -0.2) is 14.4 Å². The molecule has 0 amide bonds. The number of nitrogens with two attached hydrogens (primary N) is 1. The van der Waals surface area contributed by atoms with Gasteiger partial charge in [-0.1, -0.05) is 11.6 Å². The molecule has 0 radical (unpaired) electrons. The summed E-state index contributed by atoms with van der Waals surface area (Å²) in [5.41, 5.74) is 7.19. The lowest BCUT2D eigenvalue weighted by atomic mass is 10.2. The van der Waals surface area contributed by atoms with Crippen LogP contribution in [0.4, 0.5) is 10.3 Å². The number of anilines is 1. The first kappa shape index (κ1) is 12.7. The van der Waals surface area contributed by atoms with Crippen molar-refractivity contribution in [3.8, 4) is 0 Å². The number of nitrogen functional groups attached to an aromatic ring is 1. The number of fused-ring (bicyclic) bond motifs is 1. The molecule has 0 saturated carbocycles. The first-order chi connectivity index (χ1) is 9.56. The Balaban J connectivity index is 2.08. The summed E-state index contributed by atoms with van der Waals surface area (Å²) < 4.78 is 15.0. The highest BCUT2D eigenvalue weighted by Gasteiger charge is 2.14. The monoisotopic (exact) mass is 292 g/mol. The van der Waals surface area contributed by atoms with Gasteiger partial charge in [0.2, 0.25) is 5.95 Å². The number of nitrogens with zero attached hydrogens (tertiary/aromatic N) is 5. The van der Waals surface area contributed by atoms with Crippen molar-refractivity contribution in [1.29, 1.82) is 0 Å². The van der Waals surface area contributed by atoms with Crippen molar-refractivity contribution in [3.05, 3.63) is 46.4 Å². The molecule has 0 fully saturated rings. The van der Waals surface area contributed by atoms with Gasteiger partial charge in [0, 0.05) is 11.8 Å². The molecular formula is C12H10ClFN6. The van der Waals surface area contributed by atoms with Crippen LogP contribution in [0.15, 0.2) is 18.3 Å². The van der Waals surface area contributed by atoms with Gasteiger partial charge < -0.3 is 5.73 Å². The van der Waals surface area contributed by atoms with Gasteiger partial charge in [-0.2, -0.15) is 4.52 Å². The van der Waals surface area contributed by atoms with Crippen LogP contribution in [0.1, 0.15) is 17.1 Å². The van der Waals surface area contributed by atoms with E-state index in [0.717, 1.165) is 0 Å². The standard InChI is InChI=1S/C12H10ClFN6/c1-6-10(13)18-12(15)20-11(6)17-9(19-20)5-8-7(14)3-2-4-16-8/h2-4H,5H2,1H3,(H2,15,18). The number of rotatable bonds is 2. The Labute approximate surface area is 118 Å². The summed E-state index contributed by atoms with van der Waals surface area (Å²) in [7, 11) is 0. The zero-order chi connectivity index (χ0) is 14.3. The fourth-order valence-corrected chi connectivity index (χ4v) is 2.03. The summed E-state index contributed by atoms with van der Waals surface area (Å²) >= 11 is 5.94. The summed E-state index contributed by atoms with van der Waals surface area (Å²) in [6.45, 7) is 1.77. The maximum atomic E-state index is 13.6. The predicted octanol–water partition coefficient (Wildman–Crippen LogP) is 1.79. The zero-order valence-electron chi connectivity index (χ0n) is 10.5. The van der Waals surface area contributed by atoms with Crippen LogP contribution in [0.5, 0.6) is 0 Å². The van der Waals surface area contributed by atoms with Gasteiger partial charge in [0.05, 0.1) is 12.1 Å². The molecule has 20 heavy (non-hydrogen) atoms. The van der Waals surface area contributed by atoms with Crippen molar-refractivity contribution < 1.29 is 4.39 Å². The smallest absolute Gasteiger partial charge is 0.224 e. The minimum Gasteiger partial charge on any atom is -0.368 e. The van der Waals surface area contributed by atoms with Crippen molar-refractivity contribution in [2.75, 3.05) is 5.73 Å². The van der Waals surface area contributed by atoms with Crippen molar-refractivity contribution in [2.45, 2.75) is 13.3 Å². The molecule has 0 bridgehead atoms. The van der Waals surface area contributed by atoms with Crippen LogP contribution in [0.2, 0.25) is 5.15 Å². The Morgan fingerprint density at radius 3 is 2.95 bits per heavy atom. The second-order valence-corrected chi connectivity index (χ2v) is 4.62. The number of halogens is 2. The van der Waals surface area contributed by atoms with E-state index in [1.807, 2.05) is 0 Å². The first-order valence-electron chi connectivity index (χ1n) is 5.83. The van der Waals surface area contributed by atoms with Crippen molar-refractivity contribution in [1.82, 2.24) is 24.6 Å². The molecule has 3 aromatic rings. The third-order valence-corrected chi connectivity index (χ3v) is 3.25. The summed E-state index contributed by atoms with van der Waals surface area (Å²) in [5.74, 6) is 0.143. The van der Waals surface area contributed by atoms with Gasteiger partial charge in [0.25, 0.3) is 0 Å². The van der Waals surface area contributed by atoms with E-state index < -0.39 is 5.82 Å². The quantitative estimate of drug-likeness (QED) is 0.728. The van der Waals surface area contributed by atoms with Gasteiger partial charge in [0.1, 0.15) is 11.0 Å². The molecule has 0 unspecified atom stereocenters. The molecule has 0 spiro atoms. The van der Waals surface area contributed by atoms with Crippen LogP contribution in [-0.2, 0) is 6.42 Å². The lowest BCUT2D eigenvalue weighted by Crippen LogP contribution is -2.04. The van der Waals surface area contributed by atoms with Gasteiger partial charge in [-0.3, -0.25) is 4.98 Å². The lowest BCUT2D eigenvalue weighted by molar-refractivity contribution is 0.601. The molecule has 3 rings (SSSR count). The van der Waals surface area contributed by atoms with E-state index >= 15 is 0 Å². The topological polar surface area (TPSA) is 82.0 Å². The molecule has 2 N–H and O–H groups in total. The molecule has 0 aliphatic heterocycles. The molecule has 0 saturated heterocycles. The van der Waals surface area contributed by atoms with Crippen molar-refractivity contribution in [2.24, 2.45) is 0 Å². The van der Waals surface area contributed by atoms with Crippen LogP contribution < -0.4 is 5.73 Å². The Kier molecular flexibility index (Phi) is 2.98. The highest BCUT2D eigenvalue weighted by Crippen LogP contribution is 2.19. The van der Waals surface area contributed by atoms with Gasteiger partial charge >= 0.3 is 0 Å². The van der Waals surface area contributed by atoms with Crippen LogP contribution in [0.25, 0.3) is 5.65 Å². The Morgan fingerprint density at radius 2 is 2.20 bits per heavy atom. The SMILES string of the molecule is Cc1c(Cl)nc(N)n2nc(Cc3ncccc3F)nc12. The Bertz CT molecular complexity index is 800. The number of hydrogen-bond acceptors (Lipinski definition) is 5. The zero-order valence-corrected chi connectivity index (χ0v) is 11.3. The number of pyridine rings is 1. The molecule has 0 aromatic carbocycles. The van der Waals surface area contributed by atoms with Crippen LogP contribution >= 0.6 is 11.6 Å². The minimum atomic E-state index is -0.396. The summed E-state index contributed by atoms with van der Waals surface area (Å²) in [6, 6.07) is 2.87. The molecule has 0 atom stereocenters. The minimum absolute atomic E-state index is 0.135. The largest absolute Gasteiger partial charge is 0.368 e. The molecule has 3 heterocycles. The van der Waals surface area contributed by atoms with Gasteiger partial charge in [0.15, 0.2) is 11.5 Å². The third kappa shape index (κ3) is 2.05. The van der Waals surface area contributed by atoms with Crippen molar-refractivity contribution >= 4 is 23.2 Å². The summed E-state index contributed by atoms with van der Waals surface area (Å²) in [5, 5.41) is 4.48. The normalized spacial score (nSPS) is 11.2. The highest BCUT2D eigenvalue weighted by atomic mass is 35.5. The van der Waals surface area contributed by atoms with E-state index in [4.69, 9.17) is 17.3 Å². The van der Waals surface area contributed by atoms with E-state index in [1.54, 1.807) is 6.92 Å². The fraction of sp³-hybridized carbons (Fsp3) is 0.167. The van der Waals surface area contributed by atoms with E-state index in [2.05, 4.69) is 20.1 Å². The van der Waals surface area contributed by atoms with Gasteiger partial charge in [-0.05, 0) is 19.1 Å². The van der Waals surface area contributed by atoms with Crippen LogP contribution in [-0.4, -0.2) is 24.6 Å². The number of aromatic nitrogens is 5. The highest BCUT2D eigenvalue weighted by molar-refractivity contribution is 6.30. The lowest BCUT2D eigenvalue weighted by Gasteiger charge is -2.00. The van der Waals surface area contributed by atoms with Crippen LogP contribution in [0.3, 0.4) is 0 Å². The molecule has 0 aliphatic rings. The van der Waals surface area contributed by atoms with Crippen molar-refractivity contribution in [3.63, 3.8) is 0 Å². The van der Waals surface area contributed by atoms with Crippen LogP contribution in [0, 0.1) is 12.7 Å². The van der Waals surface area contributed by atoms with E-state index in [0.29, 0.717) is 17.0 Å². The van der Waals surface area contributed by atoms with Gasteiger partial charge in [-0.15, -0.1) is 5.10 Å². The molecule has 3 aromatic heterocycles. The Morgan fingerprint density at radius 1 is 1.40 bits per heavy atom. The van der Waals surface area contributed by atoms with E-state index in [-0.39, 0.29) is 23.2 Å². The first-order valence-corrected chi connectivity index (χ1v) is 6.20. The maximum Gasteiger partial charge on any atom is 0.224 e. The number of aryl methyl sites for hydroxylation is 1. The van der Waals surface area contributed by atoms with E-state index in [9.17, 15) is 4.39 Å². The molecule has 0 aliphatic carbocycles. The molecule has 6 nitrogen and oxygen atoms in total. The Hall–Kier alpha value is -2.28. The molecular weight excluding hydrogens is 283 g/mol. The molecule has 8 heteroatoms. The van der Waals surface area contributed by atoms with E-state index in [1.165, 1.54) is 22.8 Å². The number of hydrogen-bond donors (Lipinski definition) is 1. The summed E-state index contributed by atoms with van der Waals surface area (Å²) in [4.78, 5) is 12.2. The second kappa shape index (κ2) is 4.68. The average Bonchev–Trinajstić information content (AvgIpc) is 2.83. The maximum absolute atomic E-state index is 13.6.